The number of piperidine rings is 1. The summed E-state index contributed by atoms with van der Waals surface area (Å²) in [4.78, 5) is 80.5. The molecule has 272 valence electrons. The fraction of sp³-hybridized carbons (Fsp3) is 0.758. The van der Waals surface area contributed by atoms with Gasteiger partial charge >= 0.3 is 18.2 Å². The average molecular weight is 688 g/mol. The molecular formula is C33H52F3N5O7. The fourth-order valence-electron chi connectivity index (χ4n) is 6.03. The number of urea groups is 1. The van der Waals surface area contributed by atoms with Crippen LogP contribution in [0.1, 0.15) is 82.6 Å². The SMILES string of the molecule is C=CCNC(=O)C(=O)C(CC(F)(F)F)NC(=O)[C@@H]1[C@@H]2[C@H](CN1C(=O)[C@@H](NC(=O)N[C@H](C(=O)OC(C)(C)C)C(C)(C)C)C(C)(C)C)C2(C)C. The maximum atomic E-state index is 14.2. The summed E-state index contributed by atoms with van der Waals surface area (Å²) >= 11 is 0. The summed E-state index contributed by atoms with van der Waals surface area (Å²) in [7, 11) is 0. The van der Waals surface area contributed by atoms with Crippen LogP contribution in [0.2, 0.25) is 0 Å². The van der Waals surface area contributed by atoms with Gasteiger partial charge in [-0.2, -0.15) is 13.2 Å². The molecule has 1 aliphatic heterocycles. The van der Waals surface area contributed by atoms with Gasteiger partial charge in [0.05, 0.1) is 6.42 Å². The number of amides is 5. The van der Waals surface area contributed by atoms with Crippen LogP contribution in [0, 0.1) is 28.1 Å². The number of ether oxygens (including phenoxy) is 1. The molecule has 1 saturated carbocycles. The normalized spacial score (nSPS) is 22.3. The molecule has 0 aromatic heterocycles. The second-order valence-electron chi connectivity index (χ2n) is 16.4. The summed E-state index contributed by atoms with van der Waals surface area (Å²) in [6.07, 6.45) is -5.46. The van der Waals surface area contributed by atoms with E-state index in [1.165, 1.54) is 11.0 Å². The van der Waals surface area contributed by atoms with Gasteiger partial charge in [-0.15, -0.1) is 6.58 Å². The summed E-state index contributed by atoms with van der Waals surface area (Å²) < 4.78 is 45.9. The molecular weight excluding hydrogens is 635 g/mol. The van der Waals surface area contributed by atoms with E-state index in [-0.39, 0.29) is 19.0 Å². The second kappa shape index (κ2) is 14.1. The zero-order valence-corrected chi connectivity index (χ0v) is 29.8. The van der Waals surface area contributed by atoms with Crippen molar-refractivity contribution in [1.29, 1.82) is 0 Å². The first kappa shape index (κ1) is 40.5. The van der Waals surface area contributed by atoms with Crippen molar-refractivity contribution in [2.75, 3.05) is 13.1 Å². The number of nitrogens with zero attached hydrogens (tertiary/aromatic N) is 1. The number of rotatable bonds is 11. The molecule has 2 fully saturated rings. The molecule has 2 aliphatic rings. The van der Waals surface area contributed by atoms with E-state index in [9.17, 15) is 41.9 Å². The van der Waals surface area contributed by atoms with Crippen molar-refractivity contribution in [1.82, 2.24) is 26.2 Å². The molecule has 2 rings (SSSR count). The van der Waals surface area contributed by atoms with E-state index in [1.54, 1.807) is 62.3 Å². The highest BCUT2D eigenvalue weighted by molar-refractivity contribution is 6.38. The summed E-state index contributed by atoms with van der Waals surface area (Å²) in [6, 6.07) is -6.70. The van der Waals surface area contributed by atoms with Gasteiger partial charge in [0.15, 0.2) is 0 Å². The molecule has 4 N–H and O–H groups in total. The average Bonchev–Trinajstić information content (AvgIpc) is 3.22. The van der Waals surface area contributed by atoms with Gasteiger partial charge in [0.1, 0.15) is 29.8 Å². The number of nitrogens with one attached hydrogen (secondary N) is 4. The van der Waals surface area contributed by atoms with Crippen LogP contribution in [0.15, 0.2) is 12.7 Å². The summed E-state index contributed by atoms with van der Waals surface area (Å²) in [5.41, 5.74) is -2.99. The third-order valence-electron chi connectivity index (χ3n) is 8.63. The molecule has 0 aromatic rings. The van der Waals surface area contributed by atoms with Crippen LogP contribution in [0.4, 0.5) is 18.0 Å². The van der Waals surface area contributed by atoms with Crippen molar-refractivity contribution in [2.45, 2.75) is 119 Å². The van der Waals surface area contributed by atoms with Crippen LogP contribution < -0.4 is 21.3 Å². The second-order valence-corrected chi connectivity index (χ2v) is 16.4. The number of fused-ring (bicyclic) bond motifs is 1. The predicted octanol–water partition coefficient (Wildman–Crippen LogP) is 3.25. The first-order valence-electron chi connectivity index (χ1n) is 15.9. The monoisotopic (exact) mass is 687 g/mol. The Balaban J connectivity index is 2.39. The number of ketones is 1. The minimum absolute atomic E-state index is 0.0741. The highest BCUT2D eigenvalue weighted by Gasteiger charge is 2.70. The Kier molecular flexibility index (Phi) is 11.9. The molecule has 1 unspecified atom stereocenters. The molecule has 0 bridgehead atoms. The number of likely N-dealkylation sites (tertiary alicyclic amines) is 1. The van der Waals surface area contributed by atoms with E-state index in [2.05, 4.69) is 27.8 Å². The van der Waals surface area contributed by atoms with Crippen molar-refractivity contribution in [3.63, 3.8) is 0 Å². The Labute approximate surface area is 280 Å². The van der Waals surface area contributed by atoms with Crippen LogP contribution >= 0.6 is 0 Å². The zero-order valence-electron chi connectivity index (χ0n) is 29.8. The Hall–Kier alpha value is -3.65. The third kappa shape index (κ3) is 10.2. The number of alkyl halides is 3. The smallest absolute Gasteiger partial charge is 0.391 e. The number of hydrogen-bond donors (Lipinski definition) is 4. The Morgan fingerprint density at radius 1 is 0.896 bits per heavy atom. The number of hydrogen-bond acceptors (Lipinski definition) is 7. The molecule has 1 aliphatic carbocycles. The highest BCUT2D eigenvalue weighted by atomic mass is 19.4. The van der Waals surface area contributed by atoms with Crippen molar-refractivity contribution < 1.29 is 46.7 Å². The topological polar surface area (TPSA) is 163 Å². The quantitative estimate of drug-likeness (QED) is 0.147. The van der Waals surface area contributed by atoms with E-state index in [1.807, 2.05) is 13.8 Å². The molecule has 0 spiro atoms. The van der Waals surface area contributed by atoms with Crippen molar-refractivity contribution in [3.8, 4) is 0 Å². The van der Waals surface area contributed by atoms with Gasteiger partial charge in [-0.05, 0) is 48.9 Å². The van der Waals surface area contributed by atoms with Gasteiger partial charge in [-0.1, -0.05) is 61.5 Å². The van der Waals surface area contributed by atoms with Crippen LogP contribution in [0.3, 0.4) is 0 Å². The molecule has 15 heteroatoms. The number of carbonyl (C=O) groups is 6. The zero-order chi connectivity index (χ0) is 37.4. The predicted molar refractivity (Wildman–Crippen MR) is 171 cm³/mol. The van der Waals surface area contributed by atoms with E-state index < -0.39 is 100 Å². The fourth-order valence-corrected chi connectivity index (χ4v) is 6.03. The first-order chi connectivity index (χ1) is 21.5. The lowest BCUT2D eigenvalue weighted by Gasteiger charge is -2.38. The van der Waals surface area contributed by atoms with Gasteiger partial charge in [0.2, 0.25) is 17.6 Å². The lowest BCUT2D eigenvalue weighted by atomic mass is 9.85. The lowest BCUT2D eigenvalue weighted by molar-refractivity contribution is -0.160. The van der Waals surface area contributed by atoms with E-state index in [4.69, 9.17) is 4.74 Å². The molecule has 5 amide bonds. The third-order valence-corrected chi connectivity index (χ3v) is 8.63. The molecule has 0 radical (unpaired) electrons. The number of esters is 1. The summed E-state index contributed by atoms with van der Waals surface area (Å²) in [5, 5.41) is 9.49. The number of Topliss-reactive ketones (excluding diaryl/α,β-unsaturated/α-hetero) is 1. The summed E-state index contributed by atoms with van der Waals surface area (Å²) in [6.45, 7) is 22.3. The lowest BCUT2D eigenvalue weighted by Crippen LogP contribution is -2.63. The van der Waals surface area contributed by atoms with Crippen LogP contribution in [-0.4, -0.2) is 89.4 Å². The number of halogens is 3. The van der Waals surface area contributed by atoms with Gasteiger partial charge in [0, 0.05) is 13.1 Å². The Bertz CT molecular complexity index is 1290. The minimum Gasteiger partial charge on any atom is -0.458 e. The maximum absolute atomic E-state index is 14.2. The molecule has 6 atom stereocenters. The van der Waals surface area contributed by atoms with Gasteiger partial charge in [-0.25, -0.2) is 9.59 Å². The van der Waals surface area contributed by atoms with Crippen molar-refractivity contribution >= 4 is 35.5 Å². The molecule has 1 heterocycles. The van der Waals surface area contributed by atoms with Crippen LogP contribution in [0.25, 0.3) is 0 Å². The molecule has 48 heavy (non-hydrogen) atoms. The maximum Gasteiger partial charge on any atom is 0.391 e. The molecule has 1 saturated heterocycles. The van der Waals surface area contributed by atoms with E-state index in [0.717, 1.165) is 0 Å². The van der Waals surface area contributed by atoms with Gasteiger partial charge in [-0.3, -0.25) is 19.2 Å². The molecule has 0 aromatic carbocycles. The van der Waals surface area contributed by atoms with Crippen LogP contribution in [-0.2, 0) is 28.7 Å². The number of carbonyl (C=O) groups excluding carboxylic acids is 6. The van der Waals surface area contributed by atoms with Gasteiger partial charge in [0.25, 0.3) is 5.91 Å². The Morgan fingerprint density at radius 3 is 1.88 bits per heavy atom. The Morgan fingerprint density at radius 2 is 1.42 bits per heavy atom. The largest absolute Gasteiger partial charge is 0.458 e. The van der Waals surface area contributed by atoms with E-state index in [0.29, 0.717) is 0 Å². The minimum atomic E-state index is -4.91. The molecule has 12 nitrogen and oxygen atoms in total. The first-order valence-corrected chi connectivity index (χ1v) is 15.9. The highest BCUT2D eigenvalue weighted by Crippen LogP contribution is 2.65. The standard InChI is InChI=1S/C33H52F3N5O7/c1-13-14-37-25(44)21(42)18(15-33(34,35)36)38-24(43)20-19-17(32(19,11)12)16-41(20)26(45)22(29(2,3)4)39-28(47)40-23(30(5,6)7)27(46)48-31(8,9)10/h13,17-20,22-23H,1,14-16H2,2-12H3,(H,37,44)(H,38,43)(H2,39,40,47)/t17-,18?,19-,20-,22+,23+/m0/s1. The van der Waals surface area contributed by atoms with Gasteiger partial charge < -0.3 is 30.9 Å². The van der Waals surface area contributed by atoms with Crippen molar-refractivity contribution in [3.05, 3.63) is 12.7 Å². The van der Waals surface area contributed by atoms with Crippen molar-refractivity contribution in [2.24, 2.45) is 28.1 Å². The van der Waals surface area contributed by atoms with E-state index >= 15 is 0 Å². The van der Waals surface area contributed by atoms with Crippen LogP contribution in [0.5, 0.6) is 0 Å². The summed E-state index contributed by atoms with van der Waals surface area (Å²) in [5.74, 6) is -5.82.